The van der Waals surface area contributed by atoms with Gasteiger partial charge in [0.05, 0.1) is 0 Å². The van der Waals surface area contributed by atoms with Gasteiger partial charge in [0.1, 0.15) is 17.9 Å². The molecule has 0 spiro atoms. The Morgan fingerprint density at radius 1 is 1.60 bits per heavy atom. The van der Waals surface area contributed by atoms with Gasteiger partial charge in [-0.3, -0.25) is 0 Å². The molecule has 2 heterocycles. The molecular formula is C10H16N2O3. The molecular weight excluding hydrogens is 196 g/mol. The number of rotatable bonds is 2. The van der Waals surface area contributed by atoms with Gasteiger partial charge in [-0.2, -0.15) is 0 Å². The number of nitrogens with zero attached hydrogens (tertiary/aromatic N) is 2. The van der Waals surface area contributed by atoms with Crippen LogP contribution in [0, 0.1) is 0 Å². The second-order valence-electron chi connectivity index (χ2n) is 4.43. The number of carbonyl (C=O) groups excluding carboxylic acids is 2. The maximum absolute atomic E-state index is 11.5. The number of amides is 1. The van der Waals surface area contributed by atoms with E-state index in [1.54, 1.807) is 11.9 Å². The molecule has 2 atom stereocenters. The third-order valence-electron chi connectivity index (χ3n) is 3.54. The molecule has 0 bridgehead atoms. The molecule has 1 amide bonds. The van der Waals surface area contributed by atoms with E-state index in [0.29, 0.717) is 13.0 Å². The van der Waals surface area contributed by atoms with Crippen LogP contribution in [0.1, 0.15) is 12.8 Å². The van der Waals surface area contributed by atoms with Gasteiger partial charge in [0.2, 0.25) is 0 Å². The molecule has 0 aliphatic carbocycles. The monoisotopic (exact) mass is 212 g/mol. The van der Waals surface area contributed by atoms with Crippen molar-refractivity contribution >= 4 is 12.4 Å². The maximum Gasteiger partial charge on any atom is 0.410 e. The van der Waals surface area contributed by atoms with Crippen LogP contribution in [-0.4, -0.2) is 61.0 Å². The zero-order chi connectivity index (χ0) is 11.1. The lowest BCUT2D eigenvalue weighted by Gasteiger charge is -2.43. The van der Waals surface area contributed by atoms with Crippen molar-refractivity contribution in [3.8, 4) is 0 Å². The fraction of sp³-hybridized carbons (Fsp3) is 0.800. The first-order valence-corrected chi connectivity index (χ1v) is 5.17. The van der Waals surface area contributed by atoms with Crippen LogP contribution in [0.25, 0.3) is 0 Å². The van der Waals surface area contributed by atoms with Crippen molar-refractivity contribution < 1.29 is 14.3 Å². The highest BCUT2D eigenvalue weighted by Crippen LogP contribution is 2.37. The first-order chi connectivity index (χ1) is 7.10. The second-order valence-corrected chi connectivity index (χ2v) is 4.43. The van der Waals surface area contributed by atoms with Gasteiger partial charge in [0.25, 0.3) is 0 Å². The second kappa shape index (κ2) is 3.48. The van der Waals surface area contributed by atoms with Gasteiger partial charge >= 0.3 is 6.09 Å². The summed E-state index contributed by atoms with van der Waals surface area (Å²) in [4.78, 5) is 26.0. The molecule has 0 aromatic rings. The largest absolute Gasteiger partial charge is 0.443 e. The van der Waals surface area contributed by atoms with E-state index in [2.05, 4.69) is 4.90 Å². The Hall–Kier alpha value is -1.10. The Morgan fingerprint density at radius 3 is 3.00 bits per heavy atom. The highest BCUT2D eigenvalue weighted by atomic mass is 16.6. The summed E-state index contributed by atoms with van der Waals surface area (Å²) >= 11 is 0. The van der Waals surface area contributed by atoms with E-state index in [9.17, 15) is 9.59 Å². The molecule has 0 saturated carbocycles. The highest BCUT2D eigenvalue weighted by Gasteiger charge is 2.55. The number of hydrogen-bond acceptors (Lipinski definition) is 4. The number of piperidine rings is 1. The Labute approximate surface area is 89.0 Å². The van der Waals surface area contributed by atoms with Crippen molar-refractivity contribution in [3.63, 3.8) is 0 Å². The summed E-state index contributed by atoms with van der Waals surface area (Å²) in [6.45, 7) is 1.62. The molecule has 2 unspecified atom stereocenters. The molecule has 0 aromatic carbocycles. The van der Waals surface area contributed by atoms with E-state index in [-0.39, 0.29) is 12.2 Å². The lowest BCUT2D eigenvalue weighted by molar-refractivity contribution is -0.111. The zero-order valence-electron chi connectivity index (χ0n) is 9.10. The quantitative estimate of drug-likeness (QED) is 0.609. The third-order valence-corrected chi connectivity index (χ3v) is 3.54. The van der Waals surface area contributed by atoms with Gasteiger partial charge < -0.3 is 19.3 Å². The van der Waals surface area contributed by atoms with Crippen molar-refractivity contribution in [2.75, 3.05) is 27.2 Å². The van der Waals surface area contributed by atoms with Crippen LogP contribution in [0.2, 0.25) is 0 Å². The SMILES string of the molecule is CN1CCC2OC(=O)N(C)C2(CC=O)C1. The van der Waals surface area contributed by atoms with Crippen LogP contribution >= 0.6 is 0 Å². The van der Waals surface area contributed by atoms with Gasteiger partial charge in [-0.15, -0.1) is 0 Å². The van der Waals surface area contributed by atoms with Gasteiger partial charge in [0.15, 0.2) is 0 Å². The predicted molar refractivity (Wildman–Crippen MR) is 53.6 cm³/mol. The van der Waals surface area contributed by atoms with Gasteiger partial charge in [-0.1, -0.05) is 0 Å². The van der Waals surface area contributed by atoms with Gasteiger partial charge in [-0.25, -0.2) is 4.79 Å². The average molecular weight is 212 g/mol. The van der Waals surface area contributed by atoms with Crippen LogP contribution < -0.4 is 0 Å². The fourth-order valence-electron chi connectivity index (χ4n) is 2.61. The highest BCUT2D eigenvalue weighted by molar-refractivity contribution is 5.73. The lowest BCUT2D eigenvalue weighted by atomic mass is 9.83. The minimum absolute atomic E-state index is 0.128. The number of likely N-dealkylation sites (N-methyl/N-ethyl adjacent to an activating group) is 2. The van der Waals surface area contributed by atoms with E-state index >= 15 is 0 Å². The van der Waals surface area contributed by atoms with Crippen molar-refractivity contribution in [2.45, 2.75) is 24.5 Å². The standard InChI is InChI=1S/C10H16N2O3/c1-11-5-3-8-10(7-11,4-6-13)12(2)9(14)15-8/h6,8H,3-5,7H2,1-2H3. The smallest absolute Gasteiger partial charge is 0.410 e. The summed E-state index contributed by atoms with van der Waals surface area (Å²) in [5.74, 6) is 0. The van der Waals surface area contributed by atoms with Crippen LogP contribution in [-0.2, 0) is 9.53 Å². The summed E-state index contributed by atoms with van der Waals surface area (Å²) in [5, 5.41) is 0. The molecule has 15 heavy (non-hydrogen) atoms. The van der Waals surface area contributed by atoms with E-state index in [4.69, 9.17) is 4.74 Å². The molecule has 2 aliphatic heterocycles. The number of aldehydes is 1. The van der Waals surface area contributed by atoms with Crippen molar-refractivity contribution in [3.05, 3.63) is 0 Å². The van der Waals surface area contributed by atoms with Crippen LogP contribution in [0.3, 0.4) is 0 Å². The number of likely N-dealkylation sites (tertiary alicyclic amines) is 1. The summed E-state index contributed by atoms with van der Waals surface area (Å²) < 4.78 is 5.28. The van der Waals surface area contributed by atoms with Gasteiger partial charge in [0, 0.05) is 26.6 Å². The summed E-state index contributed by atoms with van der Waals surface area (Å²) in [6, 6.07) is 0. The molecule has 0 N–H and O–H groups in total. The molecule has 0 aromatic heterocycles. The van der Waals surface area contributed by atoms with Crippen molar-refractivity contribution in [1.82, 2.24) is 9.80 Å². The first kappa shape index (κ1) is 10.4. The Kier molecular flexibility index (Phi) is 2.42. The molecule has 0 radical (unpaired) electrons. The number of ether oxygens (including phenoxy) is 1. The first-order valence-electron chi connectivity index (χ1n) is 5.17. The van der Waals surface area contributed by atoms with E-state index in [1.165, 1.54) is 0 Å². The summed E-state index contributed by atoms with van der Waals surface area (Å²) in [6.07, 6.45) is 1.60. The molecule has 2 saturated heterocycles. The normalized spacial score (nSPS) is 36.3. The number of carbonyl (C=O) groups is 2. The van der Waals surface area contributed by atoms with Crippen LogP contribution in [0.5, 0.6) is 0 Å². The summed E-state index contributed by atoms with van der Waals surface area (Å²) in [5.41, 5.74) is -0.439. The van der Waals surface area contributed by atoms with Crippen LogP contribution in [0.4, 0.5) is 4.79 Å². The molecule has 2 rings (SSSR count). The zero-order valence-corrected chi connectivity index (χ0v) is 9.10. The molecule has 2 aliphatic rings. The van der Waals surface area contributed by atoms with Crippen molar-refractivity contribution in [1.29, 1.82) is 0 Å². The topological polar surface area (TPSA) is 49.9 Å². The molecule has 2 fully saturated rings. The fourth-order valence-corrected chi connectivity index (χ4v) is 2.61. The maximum atomic E-state index is 11.5. The molecule has 5 nitrogen and oxygen atoms in total. The Bertz CT molecular complexity index is 294. The lowest BCUT2D eigenvalue weighted by Crippen LogP contribution is -2.60. The predicted octanol–water partition coefficient (Wildman–Crippen LogP) is 0.100. The molecule has 84 valence electrons. The average Bonchev–Trinajstić information content (AvgIpc) is 2.42. The third kappa shape index (κ3) is 1.42. The molecule has 5 heteroatoms. The Morgan fingerprint density at radius 2 is 2.33 bits per heavy atom. The van der Waals surface area contributed by atoms with E-state index < -0.39 is 5.54 Å². The van der Waals surface area contributed by atoms with E-state index in [0.717, 1.165) is 19.3 Å². The minimum atomic E-state index is -0.439. The van der Waals surface area contributed by atoms with Gasteiger partial charge in [-0.05, 0) is 13.5 Å². The van der Waals surface area contributed by atoms with Crippen molar-refractivity contribution in [2.24, 2.45) is 0 Å². The minimum Gasteiger partial charge on any atom is -0.443 e. The van der Waals surface area contributed by atoms with Crippen LogP contribution in [0.15, 0.2) is 0 Å². The number of hydrogen-bond donors (Lipinski definition) is 0. The number of fused-ring (bicyclic) bond motifs is 1. The Balaban J connectivity index is 2.30. The summed E-state index contributed by atoms with van der Waals surface area (Å²) in [7, 11) is 3.71. The van der Waals surface area contributed by atoms with E-state index in [1.807, 2.05) is 7.05 Å².